The van der Waals surface area contributed by atoms with E-state index >= 15 is 0 Å². The molecule has 5 heterocycles. The minimum atomic E-state index is -3.58. The fraction of sp³-hybridized carbons (Fsp3) is 0.424. The molecule has 10 heteroatoms. The number of rotatable bonds is 6. The first-order valence-electron chi connectivity index (χ1n) is 15.2. The third-order valence-electron chi connectivity index (χ3n) is 9.22. The van der Waals surface area contributed by atoms with Crippen molar-refractivity contribution >= 4 is 37.5 Å². The number of aromatic nitrogens is 5. The lowest BCUT2D eigenvalue weighted by Gasteiger charge is -2.34. The van der Waals surface area contributed by atoms with Gasteiger partial charge in [-0.3, -0.25) is 4.98 Å². The van der Waals surface area contributed by atoms with Crippen LogP contribution in [0.4, 0.5) is 5.69 Å². The highest BCUT2D eigenvalue weighted by Gasteiger charge is 2.34. The van der Waals surface area contributed by atoms with Crippen molar-refractivity contribution in [1.82, 2.24) is 24.5 Å². The molecule has 2 saturated heterocycles. The smallest absolute Gasteiger partial charge is 0.177 e. The van der Waals surface area contributed by atoms with Gasteiger partial charge in [0.1, 0.15) is 0 Å². The second kappa shape index (κ2) is 11.1. The molecule has 0 unspecified atom stereocenters. The van der Waals surface area contributed by atoms with E-state index in [1.165, 1.54) is 12.7 Å². The summed E-state index contributed by atoms with van der Waals surface area (Å²) in [5.74, 6) is 0.254. The lowest BCUT2D eigenvalue weighted by atomic mass is 9.86. The number of nitrogens with zero attached hydrogens (tertiary/aromatic N) is 6. The Morgan fingerprint density at radius 1 is 1.00 bits per heavy atom. The first kappa shape index (κ1) is 28.0. The van der Waals surface area contributed by atoms with Crippen molar-refractivity contribution in [2.24, 2.45) is 13.0 Å². The van der Waals surface area contributed by atoms with E-state index in [4.69, 9.17) is 9.72 Å². The molecule has 0 aliphatic carbocycles. The van der Waals surface area contributed by atoms with Crippen LogP contribution in [0.15, 0.2) is 59.6 Å². The van der Waals surface area contributed by atoms with Crippen LogP contribution in [0.25, 0.3) is 33.2 Å². The van der Waals surface area contributed by atoms with Gasteiger partial charge in [0.15, 0.2) is 9.84 Å². The predicted octanol–water partition coefficient (Wildman–Crippen LogP) is 5.70. The van der Waals surface area contributed by atoms with Gasteiger partial charge in [0, 0.05) is 57.1 Å². The molecule has 0 N–H and O–H groups in total. The molecule has 0 spiro atoms. The Kier molecular flexibility index (Phi) is 7.21. The van der Waals surface area contributed by atoms with E-state index in [2.05, 4.69) is 50.1 Å². The zero-order chi connectivity index (χ0) is 29.7. The molecule has 2 aliphatic rings. The molecule has 43 heavy (non-hydrogen) atoms. The molecule has 7 rings (SSSR count). The molecular formula is C33H38N6O3S. The first-order chi connectivity index (χ1) is 20.8. The third-order valence-corrected chi connectivity index (χ3v) is 10.3. The van der Waals surface area contributed by atoms with E-state index < -0.39 is 9.84 Å². The molecule has 0 radical (unpaired) electrons. The van der Waals surface area contributed by atoms with Gasteiger partial charge in [-0.05, 0) is 68.7 Å². The Bertz CT molecular complexity index is 1880. The fourth-order valence-electron chi connectivity index (χ4n) is 7.27. The van der Waals surface area contributed by atoms with Crippen molar-refractivity contribution in [1.29, 1.82) is 0 Å². The molecular weight excluding hydrogens is 560 g/mol. The van der Waals surface area contributed by atoms with Crippen LogP contribution in [-0.2, 0) is 21.6 Å². The van der Waals surface area contributed by atoms with Gasteiger partial charge in [0.2, 0.25) is 0 Å². The van der Waals surface area contributed by atoms with E-state index in [1.807, 2.05) is 38.4 Å². The standard InChI is InChI=1S/C33H38N6O3S/c1-22-31(37(2)36-35-22)25-20-27-30(34-21-25)29-26(38-16-8-5-9-17-38)12-13-28(43(3,40)41)33(29)39(27)32(23-10-6-4-7-11-23)24-14-18-42-19-15-24/h4,6-7,10-13,20-21,24,32H,5,8-9,14-19H2,1-3H3/t32-/m1/s1. The maximum atomic E-state index is 13.6. The van der Waals surface area contributed by atoms with Gasteiger partial charge < -0.3 is 14.2 Å². The molecule has 0 amide bonds. The summed E-state index contributed by atoms with van der Waals surface area (Å²) in [5.41, 5.74) is 7.32. The largest absolute Gasteiger partial charge is 0.381 e. The Morgan fingerprint density at radius 3 is 2.42 bits per heavy atom. The van der Waals surface area contributed by atoms with Crippen molar-refractivity contribution < 1.29 is 13.2 Å². The molecule has 3 aromatic heterocycles. The summed E-state index contributed by atoms with van der Waals surface area (Å²) in [6, 6.07) is 16.4. The van der Waals surface area contributed by atoms with Gasteiger partial charge in [-0.25, -0.2) is 13.1 Å². The molecule has 0 saturated carbocycles. The summed E-state index contributed by atoms with van der Waals surface area (Å²) in [6.45, 7) is 5.21. The van der Waals surface area contributed by atoms with Gasteiger partial charge in [-0.1, -0.05) is 35.5 Å². The number of hydrogen-bond donors (Lipinski definition) is 0. The minimum absolute atomic E-state index is 0.106. The number of benzene rings is 2. The Hall–Kier alpha value is -3.76. The molecule has 0 bridgehead atoms. The number of pyridine rings is 1. The zero-order valence-electron chi connectivity index (χ0n) is 25.0. The van der Waals surface area contributed by atoms with Gasteiger partial charge in [-0.2, -0.15) is 0 Å². The van der Waals surface area contributed by atoms with Crippen molar-refractivity contribution in [3.05, 3.63) is 66.0 Å². The highest BCUT2D eigenvalue weighted by Crippen LogP contribution is 2.46. The summed E-state index contributed by atoms with van der Waals surface area (Å²) >= 11 is 0. The second-order valence-electron chi connectivity index (χ2n) is 12.0. The SMILES string of the molecule is Cc1nnn(C)c1-c1cnc2c3c(N4CCCCC4)ccc(S(C)(=O)=O)c3n([C@H](c3ccccc3)C3CCOCC3)c2c1. The maximum absolute atomic E-state index is 13.6. The maximum Gasteiger partial charge on any atom is 0.177 e. The van der Waals surface area contributed by atoms with E-state index in [-0.39, 0.29) is 12.0 Å². The van der Waals surface area contributed by atoms with Crippen LogP contribution in [0.1, 0.15) is 49.4 Å². The monoisotopic (exact) mass is 598 g/mol. The second-order valence-corrected chi connectivity index (χ2v) is 14.0. The number of sulfone groups is 1. The van der Waals surface area contributed by atoms with Crippen molar-refractivity contribution in [3.8, 4) is 11.3 Å². The lowest BCUT2D eigenvalue weighted by molar-refractivity contribution is 0.0552. The van der Waals surface area contributed by atoms with Gasteiger partial charge >= 0.3 is 0 Å². The average molecular weight is 599 g/mol. The van der Waals surface area contributed by atoms with Crippen molar-refractivity contribution in [2.45, 2.75) is 50.0 Å². The van der Waals surface area contributed by atoms with E-state index in [0.29, 0.717) is 18.1 Å². The summed E-state index contributed by atoms with van der Waals surface area (Å²) in [6.07, 6.45) is 8.43. The molecule has 2 aromatic carbocycles. The van der Waals surface area contributed by atoms with E-state index in [1.54, 1.807) is 4.68 Å². The highest BCUT2D eigenvalue weighted by atomic mass is 32.2. The van der Waals surface area contributed by atoms with Crippen LogP contribution in [0, 0.1) is 12.8 Å². The predicted molar refractivity (Wildman–Crippen MR) is 169 cm³/mol. The van der Waals surface area contributed by atoms with Crippen LogP contribution in [-0.4, -0.2) is 65.5 Å². The van der Waals surface area contributed by atoms with E-state index in [9.17, 15) is 8.42 Å². The van der Waals surface area contributed by atoms with Crippen LogP contribution >= 0.6 is 0 Å². The topological polar surface area (TPSA) is 95.1 Å². The normalized spacial score (nSPS) is 17.6. The van der Waals surface area contributed by atoms with Crippen LogP contribution in [0.5, 0.6) is 0 Å². The molecule has 224 valence electrons. The Labute approximate surface area is 252 Å². The summed E-state index contributed by atoms with van der Waals surface area (Å²) in [4.78, 5) is 7.89. The number of fused-ring (bicyclic) bond motifs is 3. The molecule has 2 fully saturated rings. The van der Waals surface area contributed by atoms with Gasteiger partial charge in [0.05, 0.1) is 44.3 Å². The quantitative estimate of drug-likeness (QED) is 0.247. The minimum Gasteiger partial charge on any atom is -0.381 e. The number of piperidine rings is 1. The first-order valence-corrected chi connectivity index (χ1v) is 17.1. The number of anilines is 1. The average Bonchev–Trinajstić information content (AvgIpc) is 3.54. The summed E-state index contributed by atoms with van der Waals surface area (Å²) in [5, 5.41) is 9.46. The van der Waals surface area contributed by atoms with Crippen molar-refractivity contribution in [3.63, 3.8) is 0 Å². The van der Waals surface area contributed by atoms with E-state index in [0.717, 1.165) is 88.9 Å². The third kappa shape index (κ3) is 4.90. The Morgan fingerprint density at radius 2 is 1.74 bits per heavy atom. The number of hydrogen-bond acceptors (Lipinski definition) is 7. The number of ether oxygens (including phenoxy) is 1. The lowest BCUT2D eigenvalue weighted by Crippen LogP contribution is -2.29. The van der Waals surface area contributed by atoms with Crippen LogP contribution in [0.3, 0.4) is 0 Å². The summed E-state index contributed by atoms with van der Waals surface area (Å²) < 4.78 is 37.0. The zero-order valence-corrected chi connectivity index (χ0v) is 25.8. The molecule has 1 atom stereocenters. The number of aryl methyl sites for hydroxylation is 2. The highest BCUT2D eigenvalue weighted by molar-refractivity contribution is 7.91. The van der Waals surface area contributed by atoms with Gasteiger partial charge in [0.25, 0.3) is 0 Å². The fourth-order valence-corrected chi connectivity index (χ4v) is 8.14. The van der Waals surface area contributed by atoms with Crippen LogP contribution < -0.4 is 4.90 Å². The summed E-state index contributed by atoms with van der Waals surface area (Å²) in [7, 11) is -1.69. The molecule has 5 aromatic rings. The molecule has 9 nitrogen and oxygen atoms in total. The van der Waals surface area contributed by atoms with Crippen molar-refractivity contribution in [2.75, 3.05) is 37.5 Å². The van der Waals surface area contributed by atoms with Crippen LogP contribution in [0.2, 0.25) is 0 Å². The Balaban J connectivity index is 1.63. The van der Waals surface area contributed by atoms with Gasteiger partial charge in [-0.15, -0.1) is 5.10 Å². The molecule has 2 aliphatic heterocycles.